The molecule has 1 fully saturated rings. The Morgan fingerprint density at radius 3 is 2.40 bits per heavy atom. The van der Waals surface area contributed by atoms with E-state index >= 15 is 0 Å². The molecule has 15 heavy (non-hydrogen) atoms. The lowest BCUT2D eigenvalue weighted by molar-refractivity contribution is 0.150. The van der Waals surface area contributed by atoms with Gasteiger partial charge in [0.15, 0.2) is 0 Å². The van der Waals surface area contributed by atoms with Gasteiger partial charge in [0.25, 0.3) is 6.43 Å². The molecule has 1 saturated carbocycles. The summed E-state index contributed by atoms with van der Waals surface area (Å²) in [6, 6.07) is 3.37. The molecular weight excluding hydrogens is 203 g/mol. The largest absolute Gasteiger partial charge is 0.321 e. The van der Waals surface area contributed by atoms with Crippen LogP contribution in [0.25, 0.3) is 0 Å². The van der Waals surface area contributed by atoms with Crippen molar-refractivity contribution in [2.75, 3.05) is 0 Å². The maximum atomic E-state index is 13.4. The maximum Gasteiger partial charge on any atom is 0.263 e. The molecule has 0 radical (unpaired) electrons. The Morgan fingerprint density at radius 2 is 1.93 bits per heavy atom. The molecule has 0 bridgehead atoms. The number of nitrogens with two attached hydrogens (primary N) is 1. The van der Waals surface area contributed by atoms with E-state index in [9.17, 15) is 13.2 Å². The third-order valence-corrected chi connectivity index (χ3v) is 3.02. The van der Waals surface area contributed by atoms with Crippen molar-refractivity contribution < 1.29 is 13.2 Å². The fourth-order valence-corrected chi connectivity index (χ4v) is 1.89. The van der Waals surface area contributed by atoms with Crippen molar-refractivity contribution in [3.63, 3.8) is 0 Å². The second-order valence-corrected chi connectivity index (χ2v) is 4.05. The number of hydrogen-bond donors (Lipinski definition) is 1. The molecule has 1 aromatic rings. The van der Waals surface area contributed by atoms with E-state index in [1.165, 1.54) is 6.07 Å². The van der Waals surface area contributed by atoms with E-state index < -0.39 is 17.8 Å². The summed E-state index contributed by atoms with van der Waals surface area (Å²) in [5.74, 6) is -0.485. The summed E-state index contributed by atoms with van der Waals surface area (Å²) in [4.78, 5) is 0. The van der Waals surface area contributed by atoms with Gasteiger partial charge < -0.3 is 5.73 Å². The fraction of sp³-hybridized carbons (Fsp3) is 0.455. The molecule has 0 spiro atoms. The van der Waals surface area contributed by atoms with Crippen LogP contribution in [0, 0.1) is 5.82 Å². The fourth-order valence-electron chi connectivity index (χ4n) is 1.89. The van der Waals surface area contributed by atoms with Gasteiger partial charge in [-0.1, -0.05) is 6.07 Å². The minimum atomic E-state index is -2.58. The van der Waals surface area contributed by atoms with E-state index in [1.807, 2.05) is 0 Å². The highest BCUT2D eigenvalue weighted by Crippen LogP contribution is 2.40. The van der Waals surface area contributed by atoms with Crippen molar-refractivity contribution in [1.82, 2.24) is 0 Å². The highest BCUT2D eigenvalue weighted by molar-refractivity contribution is 5.33. The normalized spacial score (nSPS) is 19.0. The van der Waals surface area contributed by atoms with Gasteiger partial charge in [-0.05, 0) is 31.4 Å². The molecule has 0 heterocycles. The first-order valence-corrected chi connectivity index (χ1v) is 4.90. The minimum absolute atomic E-state index is 0.164. The van der Waals surface area contributed by atoms with Crippen molar-refractivity contribution in [2.24, 2.45) is 5.73 Å². The molecule has 0 atom stereocenters. The second-order valence-electron chi connectivity index (χ2n) is 4.05. The van der Waals surface area contributed by atoms with Gasteiger partial charge in [-0.25, -0.2) is 13.2 Å². The Morgan fingerprint density at radius 1 is 1.27 bits per heavy atom. The van der Waals surface area contributed by atoms with Gasteiger partial charge in [-0.2, -0.15) is 0 Å². The van der Waals surface area contributed by atoms with Crippen molar-refractivity contribution in [1.29, 1.82) is 0 Å². The average Bonchev–Trinajstić information content (AvgIpc) is 2.14. The molecule has 0 aliphatic heterocycles. The van der Waals surface area contributed by atoms with Crippen LogP contribution in [0.2, 0.25) is 0 Å². The quantitative estimate of drug-likeness (QED) is 0.806. The van der Waals surface area contributed by atoms with Crippen LogP contribution < -0.4 is 5.73 Å². The third kappa shape index (κ3) is 1.74. The smallest absolute Gasteiger partial charge is 0.263 e. The molecule has 1 nitrogen and oxygen atoms in total. The van der Waals surface area contributed by atoms with Gasteiger partial charge in [0.1, 0.15) is 5.82 Å². The van der Waals surface area contributed by atoms with Gasteiger partial charge in [-0.15, -0.1) is 0 Å². The van der Waals surface area contributed by atoms with E-state index in [4.69, 9.17) is 5.73 Å². The van der Waals surface area contributed by atoms with E-state index in [1.54, 1.807) is 0 Å². The van der Waals surface area contributed by atoms with Crippen molar-refractivity contribution >= 4 is 0 Å². The Kier molecular flexibility index (Phi) is 2.46. The third-order valence-electron chi connectivity index (χ3n) is 3.02. The topological polar surface area (TPSA) is 26.0 Å². The van der Waals surface area contributed by atoms with Crippen LogP contribution in [-0.4, -0.2) is 0 Å². The summed E-state index contributed by atoms with van der Waals surface area (Å²) in [6.07, 6.45) is -0.324. The van der Waals surface area contributed by atoms with Gasteiger partial charge in [0, 0.05) is 16.7 Å². The van der Waals surface area contributed by atoms with Gasteiger partial charge in [-0.3, -0.25) is 0 Å². The van der Waals surface area contributed by atoms with Crippen LogP contribution in [-0.2, 0) is 5.54 Å². The SMILES string of the molecule is NC1(c2cc(C(F)F)ccc2F)CCC1. The number of rotatable bonds is 2. The van der Waals surface area contributed by atoms with Gasteiger partial charge in [0.2, 0.25) is 0 Å². The maximum absolute atomic E-state index is 13.4. The Bertz CT molecular complexity index is 372. The van der Waals surface area contributed by atoms with Crippen LogP contribution in [0.1, 0.15) is 36.8 Å². The Labute approximate surface area is 86.1 Å². The molecule has 0 saturated heterocycles. The van der Waals surface area contributed by atoms with Crippen molar-refractivity contribution in [2.45, 2.75) is 31.2 Å². The summed E-state index contributed by atoms with van der Waals surface area (Å²) in [6.45, 7) is 0. The summed E-state index contributed by atoms with van der Waals surface area (Å²) in [5, 5.41) is 0. The molecule has 1 aliphatic carbocycles. The van der Waals surface area contributed by atoms with Crippen LogP contribution in [0.15, 0.2) is 18.2 Å². The summed E-state index contributed by atoms with van der Waals surface area (Å²) in [7, 11) is 0. The number of halogens is 3. The lowest BCUT2D eigenvalue weighted by Gasteiger charge is -2.38. The summed E-state index contributed by atoms with van der Waals surface area (Å²) in [5.41, 5.74) is 5.25. The zero-order valence-electron chi connectivity index (χ0n) is 8.14. The van der Waals surface area contributed by atoms with Crippen molar-refractivity contribution in [3.05, 3.63) is 35.1 Å². The zero-order valence-corrected chi connectivity index (χ0v) is 8.14. The Balaban J connectivity index is 2.41. The molecule has 0 aromatic heterocycles. The van der Waals surface area contributed by atoms with Crippen LogP contribution in [0.3, 0.4) is 0 Å². The van der Waals surface area contributed by atoms with Gasteiger partial charge >= 0.3 is 0 Å². The molecule has 4 heteroatoms. The highest BCUT2D eigenvalue weighted by Gasteiger charge is 2.36. The van der Waals surface area contributed by atoms with Crippen LogP contribution >= 0.6 is 0 Å². The first-order chi connectivity index (χ1) is 7.03. The first-order valence-electron chi connectivity index (χ1n) is 4.90. The van der Waals surface area contributed by atoms with E-state index in [0.29, 0.717) is 12.8 Å². The molecular formula is C11H12F3N. The van der Waals surface area contributed by atoms with E-state index in [-0.39, 0.29) is 11.1 Å². The zero-order chi connectivity index (χ0) is 11.1. The lowest BCUT2D eigenvalue weighted by atomic mass is 9.72. The molecule has 0 unspecified atom stereocenters. The first kappa shape index (κ1) is 10.5. The predicted octanol–water partition coefficient (Wildman–Crippen LogP) is 3.10. The van der Waals surface area contributed by atoms with Gasteiger partial charge in [0.05, 0.1) is 0 Å². The number of alkyl halides is 2. The standard InChI is InChI=1S/C11H12F3N/c12-9-3-2-7(10(13)14)6-8(9)11(15)4-1-5-11/h2-3,6,10H,1,4-5,15H2. The highest BCUT2D eigenvalue weighted by atomic mass is 19.3. The monoisotopic (exact) mass is 215 g/mol. The van der Waals surface area contributed by atoms with E-state index in [0.717, 1.165) is 18.6 Å². The molecule has 2 rings (SSSR count). The average molecular weight is 215 g/mol. The Hall–Kier alpha value is -1.03. The summed E-state index contributed by atoms with van der Waals surface area (Å²) < 4.78 is 38.3. The minimum Gasteiger partial charge on any atom is -0.321 e. The number of hydrogen-bond acceptors (Lipinski definition) is 1. The summed E-state index contributed by atoms with van der Waals surface area (Å²) >= 11 is 0. The predicted molar refractivity (Wildman–Crippen MR) is 51.1 cm³/mol. The second kappa shape index (κ2) is 3.52. The molecule has 0 amide bonds. The molecule has 1 aliphatic rings. The van der Waals surface area contributed by atoms with Crippen LogP contribution in [0.4, 0.5) is 13.2 Å². The lowest BCUT2D eigenvalue weighted by Crippen LogP contribution is -2.44. The van der Waals surface area contributed by atoms with E-state index in [2.05, 4.69) is 0 Å². The van der Waals surface area contributed by atoms with Crippen LogP contribution in [0.5, 0.6) is 0 Å². The van der Waals surface area contributed by atoms with Crippen molar-refractivity contribution in [3.8, 4) is 0 Å². The number of benzene rings is 1. The molecule has 2 N–H and O–H groups in total. The molecule has 82 valence electrons. The molecule has 1 aromatic carbocycles.